The van der Waals surface area contributed by atoms with E-state index < -0.39 is 0 Å². The highest BCUT2D eigenvalue weighted by molar-refractivity contribution is 9.10. The fraction of sp³-hybridized carbons (Fsp3) is 0.188. The fourth-order valence-corrected chi connectivity index (χ4v) is 2.69. The highest BCUT2D eigenvalue weighted by Crippen LogP contribution is 2.26. The van der Waals surface area contributed by atoms with Crippen molar-refractivity contribution in [3.63, 3.8) is 0 Å². The molecule has 114 valence electrons. The molecule has 3 aromatic rings. The molecule has 0 saturated carbocycles. The Morgan fingerprint density at radius 3 is 2.91 bits per heavy atom. The van der Waals surface area contributed by atoms with E-state index >= 15 is 0 Å². The van der Waals surface area contributed by atoms with Crippen LogP contribution in [0.4, 0.5) is 0 Å². The summed E-state index contributed by atoms with van der Waals surface area (Å²) in [6.45, 7) is 1.18. The number of methoxy groups -OCH3 is 1. The summed E-state index contributed by atoms with van der Waals surface area (Å²) in [5.74, 6) is 0.923. The predicted octanol–water partition coefficient (Wildman–Crippen LogP) is 3.44. The Morgan fingerprint density at radius 2 is 2.18 bits per heavy atom. The summed E-state index contributed by atoms with van der Waals surface area (Å²) in [7, 11) is 1.66. The van der Waals surface area contributed by atoms with Gasteiger partial charge >= 0.3 is 0 Å². The van der Waals surface area contributed by atoms with Gasteiger partial charge in [-0.1, -0.05) is 6.07 Å². The maximum atomic E-state index is 11.9. The van der Waals surface area contributed by atoms with Crippen molar-refractivity contribution in [1.82, 2.24) is 9.88 Å². The summed E-state index contributed by atoms with van der Waals surface area (Å²) in [6.07, 6.45) is 1.99. The standard InChI is InChI=1S/C16H15BrN2O3/c1-21-13-4-2-3-12-11(13)7-9-19(12)10-8-18-16(20)14-5-6-15(17)22-14/h2-7,9H,8,10H2,1H3,(H,18,20). The quantitative estimate of drug-likeness (QED) is 0.756. The number of rotatable bonds is 5. The summed E-state index contributed by atoms with van der Waals surface area (Å²) in [5, 5.41) is 3.90. The van der Waals surface area contributed by atoms with E-state index in [4.69, 9.17) is 9.15 Å². The van der Waals surface area contributed by atoms with Gasteiger partial charge in [0.25, 0.3) is 5.91 Å². The molecule has 6 heteroatoms. The fourth-order valence-electron chi connectivity index (χ4n) is 2.38. The van der Waals surface area contributed by atoms with Crippen molar-refractivity contribution in [2.24, 2.45) is 0 Å². The predicted molar refractivity (Wildman–Crippen MR) is 87.2 cm³/mol. The van der Waals surface area contributed by atoms with Crippen LogP contribution in [-0.2, 0) is 6.54 Å². The van der Waals surface area contributed by atoms with Gasteiger partial charge in [-0.2, -0.15) is 0 Å². The van der Waals surface area contributed by atoms with Crippen LogP contribution in [0.1, 0.15) is 10.6 Å². The minimum Gasteiger partial charge on any atom is -0.496 e. The number of ether oxygens (including phenoxy) is 1. The van der Waals surface area contributed by atoms with Crippen LogP contribution in [0.3, 0.4) is 0 Å². The lowest BCUT2D eigenvalue weighted by Crippen LogP contribution is -2.26. The zero-order valence-electron chi connectivity index (χ0n) is 12.0. The molecule has 3 rings (SSSR count). The SMILES string of the molecule is COc1cccc2c1ccn2CCNC(=O)c1ccc(Br)o1. The van der Waals surface area contributed by atoms with Crippen LogP contribution >= 0.6 is 15.9 Å². The molecule has 0 atom stereocenters. The highest BCUT2D eigenvalue weighted by Gasteiger charge is 2.10. The largest absolute Gasteiger partial charge is 0.496 e. The first-order valence-electron chi connectivity index (χ1n) is 6.84. The van der Waals surface area contributed by atoms with E-state index in [9.17, 15) is 4.79 Å². The van der Waals surface area contributed by atoms with Gasteiger partial charge in [-0.15, -0.1) is 0 Å². The van der Waals surface area contributed by atoms with E-state index in [1.807, 2.05) is 30.5 Å². The number of nitrogens with one attached hydrogen (secondary N) is 1. The lowest BCUT2D eigenvalue weighted by Gasteiger charge is -2.07. The lowest BCUT2D eigenvalue weighted by atomic mass is 10.2. The number of hydrogen-bond acceptors (Lipinski definition) is 3. The van der Waals surface area contributed by atoms with E-state index in [-0.39, 0.29) is 5.91 Å². The van der Waals surface area contributed by atoms with Gasteiger partial charge in [0, 0.05) is 24.7 Å². The normalized spacial score (nSPS) is 10.8. The van der Waals surface area contributed by atoms with E-state index in [0.29, 0.717) is 23.5 Å². The van der Waals surface area contributed by atoms with Crippen LogP contribution in [0, 0.1) is 0 Å². The zero-order valence-corrected chi connectivity index (χ0v) is 13.6. The number of halogens is 1. The summed E-state index contributed by atoms with van der Waals surface area (Å²) < 4.78 is 13.2. The minimum absolute atomic E-state index is 0.222. The third-order valence-corrected chi connectivity index (χ3v) is 3.86. The van der Waals surface area contributed by atoms with Crippen LogP contribution in [0.15, 0.2) is 51.7 Å². The van der Waals surface area contributed by atoms with E-state index in [1.54, 1.807) is 19.2 Å². The molecular weight excluding hydrogens is 348 g/mol. The highest BCUT2D eigenvalue weighted by atomic mass is 79.9. The van der Waals surface area contributed by atoms with Gasteiger partial charge < -0.3 is 19.0 Å². The van der Waals surface area contributed by atoms with Gasteiger partial charge in [0.2, 0.25) is 0 Å². The van der Waals surface area contributed by atoms with Gasteiger partial charge in [0.15, 0.2) is 10.4 Å². The van der Waals surface area contributed by atoms with Crippen LogP contribution in [0.25, 0.3) is 10.9 Å². The third kappa shape index (κ3) is 2.87. The molecule has 2 aromatic heterocycles. The molecule has 5 nitrogen and oxygen atoms in total. The summed E-state index contributed by atoms with van der Waals surface area (Å²) >= 11 is 3.18. The van der Waals surface area contributed by atoms with Crippen molar-refractivity contribution >= 4 is 32.7 Å². The number of carbonyl (C=O) groups is 1. The maximum absolute atomic E-state index is 11.9. The van der Waals surface area contributed by atoms with E-state index in [1.165, 1.54) is 0 Å². The number of carbonyl (C=O) groups excluding carboxylic acids is 1. The molecular formula is C16H15BrN2O3. The lowest BCUT2D eigenvalue weighted by molar-refractivity contribution is 0.0923. The molecule has 0 unspecified atom stereocenters. The van der Waals surface area contributed by atoms with Crippen molar-refractivity contribution in [1.29, 1.82) is 0 Å². The van der Waals surface area contributed by atoms with Crippen molar-refractivity contribution in [3.05, 3.63) is 53.0 Å². The molecule has 0 radical (unpaired) electrons. The van der Waals surface area contributed by atoms with Crippen LogP contribution in [0.2, 0.25) is 0 Å². The summed E-state index contributed by atoms with van der Waals surface area (Å²) in [4.78, 5) is 11.9. The molecule has 0 fully saturated rings. The molecule has 0 spiro atoms. The number of fused-ring (bicyclic) bond motifs is 1. The monoisotopic (exact) mass is 362 g/mol. The molecule has 0 aliphatic carbocycles. The number of furan rings is 1. The van der Waals surface area contributed by atoms with Gasteiger partial charge in [0.05, 0.1) is 12.6 Å². The summed E-state index contributed by atoms with van der Waals surface area (Å²) in [6, 6.07) is 11.3. The Kier molecular flexibility index (Phi) is 4.20. The second-order valence-electron chi connectivity index (χ2n) is 4.76. The maximum Gasteiger partial charge on any atom is 0.287 e. The molecule has 2 heterocycles. The van der Waals surface area contributed by atoms with E-state index in [2.05, 4.69) is 25.8 Å². The number of benzene rings is 1. The van der Waals surface area contributed by atoms with Crippen molar-refractivity contribution in [3.8, 4) is 5.75 Å². The Bertz CT molecular complexity index is 807. The van der Waals surface area contributed by atoms with Crippen molar-refractivity contribution in [2.75, 3.05) is 13.7 Å². The second-order valence-corrected chi connectivity index (χ2v) is 5.54. The molecule has 1 N–H and O–H groups in total. The number of hydrogen-bond donors (Lipinski definition) is 1. The van der Waals surface area contributed by atoms with E-state index in [0.717, 1.165) is 16.7 Å². The van der Waals surface area contributed by atoms with Gasteiger partial charge in [-0.25, -0.2) is 0 Å². The average Bonchev–Trinajstić information content (AvgIpc) is 3.13. The molecule has 0 bridgehead atoms. The number of nitrogens with zero attached hydrogens (tertiary/aromatic N) is 1. The Labute approximate surface area is 136 Å². The van der Waals surface area contributed by atoms with Crippen LogP contribution < -0.4 is 10.1 Å². The van der Waals surface area contributed by atoms with Crippen LogP contribution in [-0.4, -0.2) is 24.1 Å². The second kappa shape index (κ2) is 6.27. The van der Waals surface area contributed by atoms with Crippen molar-refractivity contribution in [2.45, 2.75) is 6.54 Å². The molecule has 1 aromatic carbocycles. The van der Waals surface area contributed by atoms with Crippen molar-refractivity contribution < 1.29 is 13.9 Å². The minimum atomic E-state index is -0.222. The number of aromatic nitrogens is 1. The zero-order chi connectivity index (χ0) is 15.5. The first-order valence-corrected chi connectivity index (χ1v) is 7.64. The molecule has 1 amide bonds. The smallest absolute Gasteiger partial charge is 0.287 e. The number of amides is 1. The summed E-state index contributed by atoms with van der Waals surface area (Å²) in [5.41, 5.74) is 1.08. The first-order chi connectivity index (χ1) is 10.7. The molecule has 22 heavy (non-hydrogen) atoms. The topological polar surface area (TPSA) is 56.4 Å². The molecule has 0 aliphatic rings. The Morgan fingerprint density at radius 1 is 1.32 bits per heavy atom. The first kappa shape index (κ1) is 14.7. The van der Waals surface area contributed by atoms with Gasteiger partial charge in [0.1, 0.15) is 5.75 Å². The Hall–Kier alpha value is -2.21. The third-order valence-electron chi connectivity index (χ3n) is 3.43. The molecule has 0 aliphatic heterocycles. The van der Waals surface area contributed by atoms with Gasteiger partial charge in [-0.05, 0) is 46.3 Å². The average molecular weight is 363 g/mol. The van der Waals surface area contributed by atoms with Gasteiger partial charge in [-0.3, -0.25) is 4.79 Å². The van der Waals surface area contributed by atoms with Crippen LogP contribution in [0.5, 0.6) is 5.75 Å². The molecule has 0 saturated heterocycles. The Balaban J connectivity index is 1.66.